The number of carbonyl (C=O) groups is 1. The van der Waals surface area contributed by atoms with Gasteiger partial charge in [-0.05, 0) is 68.2 Å². The van der Waals surface area contributed by atoms with Gasteiger partial charge in [0.2, 0.25) is 0 Å². The molecule has 2 aromatic rings. The molecule has 0 amide bonds. The van der Waals surface area contributed by atoms with E-state index >= 15 is 0 Å². The van der Waals surface area contributed by atoms with E-state index in [1.165, 1.54) is 46.2 Å². The summed E-state index contributed by atoms with van der Waals surface area (Å²) in [6.07, 6.45) is 17.3. The molecular formula is C35H55NO. The summed E-state index contributed by atoms with van der Waals surface area (Å²) in [7, 11) is 0. The highest BCUT2D eigenvalue weighted by Crippen LogP contribution is 2.21. The van der Waals surface area contributed by atoms with Gasteiger partial charge in [-0.3, -0.25) is 0 Å². The molecule has 2 aromatic carbocycles. The van der Waals surface area contributed by atoms with Gasteiger partial charge in [0.05, 0.1) is 0 Å². The fraction of sp³-hybridized carbons (Fsp3) is 0.457. The summed E-state index contributed by atoms with van der Waals surface area (Å²) in [6.45, 7) is 14.6. The molecule has 37 heavy (non-hydrogen) atoms. The first-order valence-electron chi connectivity index (χ1n) is 14.4. The number of hydrogen-bond acceptors (Lipinski definition) is 2. The molecule has 1 aliphatic carbocycles. The maximum Gasteiger partial charge on any atom is 0.129 e. The zero-order valence-corrected chi connectivity index (χ0v) is 24.8. The van der Waals surface area contributed by atoms with Gasteiger partial charge >= 0.3 is 0 Å². The molecule has 0 heterocycles. The Kier molecular flexibility index (Phi) is 20.8. The molecule has 0 aliphatic heterocycles. The molecule has 0 spiro atoms. The molecule has 1 aliphatic rings. The Morgan fingerprint density at radius 2 is 1.59 bits per heavy atom. The quantitative estimate of drug-likeness (QED) is 0.326. The fourth-order valence-corrected chi connectivity index (χ4v) is 3.91. The maximum atomic E-state index is 10.7. The number of unbranched alkanes of at least 4 members (excludes halogenated alkanes) is 2. The Bertz CT molecular complexity index is 954. The number of aryl methyl sites for hydroxylation is 3. The molecule has 0 aromatic heterocycles. The predicted molar refractivity (Wildman–Crippen MR) is 168 cm³/mol. The predicted octanol–water partition coefficient (Wildman–Crippen LogP) is 9.85. The Morgan fingerprint density at radius 1 is 0.892 bits per heavy atom. The van der Waals surface area contributed by atoms with Crippen LogP contribution in [-0.2, 0) is 17.6 Å². The van der Waals surface area contributed by atoms with Crippen LogP contribution in [0.25, 0.3) is 5.57 Å². The highest BCUT2D eigenvalue weighted by atomic mass is 16.1. The van der Waals surface area contributed by atoms with Crippen LogP contribution >= 0.6 is 0 Å². The summed E-state index contributed by atoms with van der Waals surface area (Å²) >= 11 is 0. The molecule has 206 valence electrons. The van der Waals surface area contributed by atoms with E-state index in [0.717, 1.165) is 38.5 Å². The minimum atomic E-state index is 0. The lowest BCUT2D eigenvalue weighted by Crippen LogP contribution is -2.01. The van der Waals surface area contributed by atoms with E-state index < -0.39 is 0 Å². The highest BCUT2D eigenvalue weighted by molar-refractivity contribution is 5.76. The smallest absolute Gasteiger partial charge is 0.129 e. The minimum Gasteiger partial charge on any atom is -0.327 e. The zero-order chi connectivity index (χ0) is 27.9. The van der Waals surface area contributed by atoms with Crippen molar-refractivity contribution in [3.63, 3.8) is 0 Å². The molecule has 0 fully saturated rings. The van der Waals surface area contributed by atoms with Crippen molar-refractivity contribution in [3.8, 4) is 0 Å². The summed E-state index contributed by atoms with van der Waals surface area (Å²) in [4.78, 5) is 10.7. The Morgan fingerprint density at radius 3 is 2.19 bits per heavy atom. The second-order valence-electron chi connectivity index (χ2n) is 8.96. The largest absolute Gasteiger partial charge is 0.327 e. The van der Waals surface area contributed by atoms with Crippen LogP contribution in [-0.4, -0.2) is 12.3 Å². The maximum absolute atomic E-state index is 10.7. The summed E-state index contributed by atoms with van der Waals surface area (Å²) in [6, 6.07) is 17.5. The van der Waals surface area contributed by atoms with Crippen molar-refractivity contribution in [2.24, 2.45) is 5.73 Å². The minimum absolute atomic E-state index is 0. The third-order valence-corrected chi connectivity index (χ3v) is 5.84. The van der Waals surface area contributed by atoms with Gasteiger partial charge in [-0.15, -0.1) is 0 Å². The molecule has 2 heteroatoms. The van der Waals surface area contributed by atoms with Crippen molar-refractivity contribution in [1.29, 1.82) is 0 Å². The van der Waals surface area contributed by atoms with Crippen molar-refractivity contribution in [3.05, 3.63) is 101 Å². The molecule has 2 nitrogen and oxygen atoms in total. The lowest BCUT2D eigenvalue weighted by atomic mass is 10.0. The molecular weight excluding hydrogens is 450 g/mol. The molecule has 0 unspecified atom stereocenters. The van der Waals surface area contributed by atoms with Crippen LogP contribution < -0.4 is 5.73 Å². The molecule has 2 N–H and O–H groups in total. The second-order valence-corrected chi connectivity index (χ2v) is 8.96. The molecule has 3 rings (SSSR count). The van der Waals surface area contributed by atoms with Crippen LogP contribution in [0.4, 0.5) is 0 Å². The van der Waals surface area contributed by atoms with Crippen molar-refractivity contribution >= 4 is 11.4 Å². The lowest BCUT2D eigenvalue weighted by molar-refractivity contribution is -0.117. The SMILES string of the molecule is CC.CC.CC(=O)CCCCCc1cccc(C)c1.CCCc1ccc(C2=CC=C(CN)CC=C2)cc1.[HH]. The number of ketones is 1. The van der Waals surface area contributed by atoms with Gasteiger partial charge in [0, 0.05) is 14.4 Å². The normalized spacial score (nSPS) is 11.8. The van der Waals surface area contributed by atoms with Gasteiger partial charge in [-0.2, -0.15) is 0 Å². The summed E-state index contributed by atoms with van der Waals surface area (Å²) < 4.78 is 0. The van der Waals surface area contributed by atoms with Gasteiger partial charge in [0.15, 0.2) is 0 Å². The first-order chi connectivity index (χ1) is 18.0. The van der Waals surface area contributed by atoms with Crippen LogP contribution in [0.5, 0.6) is 0 Å². The average molecular weight is 506 g/mol. The number of benzene rings is 2. The van der Waals surface area contributed by atoms with E-state index in [4.69, 9.17) is 5.73 Å². The number of allylic oxidation sites excluding steroid dienone is 5. The average Bonchev–Trinajstić information content (AvgIpc) is 3.18. The van der Waals surface area contributed by atoms with E-state index in [-0.39, 0.29) is 1.43 Å². The fourth-order valence-electron chi connectivity index (χ4n) is 3.91. The first kappa shape index (κ1) is 34.3. The van der Waals surface area contributed by atoms with Crippen LogP contribution in [0.15, 0.2) is 78.4 Å². The van der Waals surface area contributed by atoms with Gasteiger partial charge in [0.25, 0.3) is 0 Å². The van der Waals surface area contributed by atoms with Gasteiger partial charge in [-0.25, -0.2) is 0 Å². The third kappa shape index (κ3) is 15.9. The monoisotopic (exact) mass is 505 g/mol. The van der Waals surface area contributed by atoms with Gasteiger partial charge in [-0.1, -0.05) is 131 Å². The lowest BCUT2D eigenvalue weighted by Gasteiger charge is -2.03. The number of rotatable bonds is 10. The molecule has 0 atom stereocenters. The van der Waals surface area contributed by atoms with Crippen molar-refractivity contribution in [2.45, 2.75) is 99.8 Å². The van der Waals surface area contributed by atoms with Crippen LogP contribution in [0, 0.1) is 6.92 Å². The van der Waals surface area contributed by atoms with Crippen LogP contribution in [0.3, 0.4) is 0 Å². The van der Waals surface area contributed by atoms with E-state index in [0.29, 0.717) is 12.3 Å². The summed E-state index contributed by atoms with van der Waals surface area (Å²) in [5.41, 5.74) is 13.7. The van der Waals surface area contributed by atoms with E-state index in [1.807, 2.05) is 27.7 Å². The standard InChI is InChI=1S/C17H21N.C14H20O.2C2H6.H2/c1-2-4-14-7-10-17(11-8-14)16-6-3-5-15(13-18)9-12-16;1-12-7-6-10-14(11-12)9-5-3-4-8-13(2)15;2*1-2;/h3,6-12H,2,4-5,13,18H2,1H3;6-7,10-11H,3-5,8-9H2,1-2H3;2*1-2H3;1H. The van der Waals surface area contributed by atoms with Crippen LogP contribution in [0.2, 0.25) is 0 Å². The van der Waals surface area contributed by atoms with Crippen molar-refractivity contribution in [1.82, 2.24) is 0 Å². The van der Waals surface area contributed by atoms with E-state index in [2.05, 4.69) is 86.7 Å². The molecule has 0 bridgehead atoms. The first-order valence-corrected chi connectivity index (χ1v) is 14.4. The Labute approximate surface area is 230 Å². The van der Waals surface area contributed by atoms with Gasteiger partial charge < -0.3 is 10.5 Å². The summed E-state index contributed by atoms with van der Waals surface area (Å²) in [5, 5.41) is 0. The van der Waals surface area contributed by atoms with Crippen molar-refractivity contribution < 1.29 is 6.22 Å². The third-order valence-electron chi connectivity index (χ3n) is 5.84. The second kappa shape index (κ2) is 22.5. The number of hydrogen-bond donors (Lipinski definition) is 1. The number of Topliss-reactive ketones (excluding diaryl/α,β-unsaturated/α-hetero) is 1. The molecule has 0 saturated carbocycles. The number of carbonyl (C=O) groups excluding carboxylic acids is 1. The topological polar surface area (TPSA) is 43.1 Å². The van der Waals surface area contributed by atoms with Crippen molar-refractivity contribution in [2.75, 3.05) is 6.54 Å². The van der Waals surface area contributed by atoms with Gasteiger partial charge in [0.1, 0.15) is 5.78 Å². The Balaban J connectivity index is 0. The molecule has 0 radical (unpaired) electrons. The Hall–Kier alpha value is -2.71. The summed E-state index contributed by atoms with van der Waals surface area (Å²) in [5.74, 6) is 0.311. The molecule has 0 saturated heterocycles. The zero-order valence-electron chi connectivity index (χ0n) is 24.8. The number of nitrogens with two attached hydrogens (primary N) is 1. The van der Waals surface area contributed by atoms with Crippen LogP contribution in [0.1, 0.15) is 104 Å². The van der Waals surface area contributed by atoms with E-state index in [1.54, 1.807) is 6.92 Å². The highest BCUT2D eigenvalue weighted by Gasteiger charge is 2.01. The van der Waals surface area contributed by atoms with E-state index in [9.17, 15) is 4.79 Å².